The van der Waals surface area contributed by atoms with Crippen LogP contribution in [0.3, 0.4) is 0 Å². The van der Waals surface area contributed by atoms with Gasteiger partial charge in [-0.1, -0.05) is 33.8 Å². The molecule has 3 heterocycles. The molecule has 0 saturated heterocycles. The van der Waals surface area contributed by atoms with Crippen LogP contribution in [0.1, 0.15) is 55.5 Å². The van der Waals surface area contributed by atoms with E-state index in [0.717, 1.165) is 22.6 Å². The van der Waals surface area contributed by atoms with Crippen molar-refractivity contribution < 1.29 is 14.0 Å². The van der Waals surface area contributed by atoms with Gasteiger partial charge in [0.05, 0.1) is 22.4 Å². The summed E-state index contributed by atoms with van der Waals surface area (Å²) in [6, 6.07) is 10.1. The highest BCUT2D eigenvalue weighted by atomic mass is 32.2. The average Bonchev–Trinajstić information content (AvgIpc) is 3.43. The van der Waals surface area contributed by atoms with Crippen molar-refractivity contribution in [3.05, 3.63) is 63.7 Å². The first kappa shape index (κ1) is 24.5. The highest BCUT2D eigenvalue weighted by molar-refractivity contribution is 8.00. The standard InChI is InChI=1S/C25H29FN4O2S2/c1-5-12-27-19(31)14-29-20(32)15-34-22(18-7-6-13-33-18)21-23(25(2,3)4)28-30(24(21)29)17-10-8-16(26)9-11-17/h6-11,13,22H,5,12,14-15H2,1-4H3,(H,27,31). The third-order valence-corrected chi connectivity index (χ3v) is 7.87. The molecule has 0 radical (unpaired) electrons. The van der Waals surface area contributed by atoms with E-state index in [2.05, 4.69) is 32.2 Å². The molecule has 4 rings (SSSR count). The molecular formula is C25H29FN4O2S2. The number of carbonyl (C=O) groups excluding carboxylic acids is 2. The van der Waals surface area contributed by atoms with Crippen LogP contribution in [0.5, 0.6) is 0 Å². The molecule has 1 aliphatic heterocycles. The fraction of sp³-hybridized carbons (Fsp3) is 0.400. The zero-order valence-electron chi connectivity index (χ0n) is 19.8. The van der Waals surface area contributed by atoms with E-state index in [4.69, 9.17) is 5.10 Å². The summed E-state index contributed by atoms with van der Waals surface area (Å²) in [4.78, 5) is 28.9. The molecule has 0 bridgehead atoms. The zero-order valence-corrected chi connectivity index (χ0v) is 21.4. The van der Waals surface area contributed by atoms with Crippen LogP contribution in [0.25, 0.3) is 5.69 Å². The van der Waals surface area contributed by atoms with Gasteiger partial charge in [0, 0.05) is 22.4 Å². The second-order valence-electron chi connectivity index (χ2n) is 9.26. The number of anilines is 1. The van der Waals surface area contributed by atoms with Gasteiger partial charge in [0.25, 0.3) is 0 Å². The van der Waals surface area contributed by atoms with E-state index < -0.39 is 0 Å². The number of fused-ring (bicyclic) bond motifs is 1. The molecule has 0 saturated carbocycles. The lowest BCUT2D eigenvalue weighted by molar-refractivity contribution is -0.122. The Labute approximate surface area is 207 Å². The van der Waals surface area contributed by atoms with E-state index in [1.54, 1.807) is 44.8 Å². The van der Waals surface area contributed by atoms with Crippen LogP contribution in [0.4, 0.5) is 10.2 Å². The summed E-state index contributed by atoms with van der Waals surface area (Å²) in [6.07, 6.45) is 0.808. The van der Waals surface area contributed by atoms with Gasteiger partial charge in [-0.3, -0.25) is 14.5 Å². The number of thiophene rings is 1. The Bertz CT molecular complexity index is 1170. The minimum absolute atomic E-state index is 0.0972. The fourth-order valence-corrected chi connectivity index (χ4v) is 6.14. The molecular weight excluding hydrogens is 471 g/mol. The predicted octanol–water partition coefficient (Wildman–Crippen LogP) is 5.07. The highest BCUT2D eigenvalue weighted by Gasteiger charge is 2.40. The van der Waals surface area contributed by atoms with Gasteiger partial charge in [-0.25, -0.2) is 9.07 Å². The smallest absolute Gasteiger partial charge is 0.240 e. The number of aromatic nitrogens is 2. The Hall–Kier alpha value is -2.65. The maximum Gasteiger partial charge on any atom is 0.240 e. The van der Waals surface area contributed by atoms with Gasteiger partial charge in [-0.2, -0.15) is 5.10 Å². The number of halogens is 1. The zero-order chi connectivity index (χ0) is 24.5. The molecule has 0 fully saturated rings. The molecule has 0 spiro atoms. The van der Waals surface area contributed by atoms with Gasteiger partial charge in [0.15, 0.2) is 0 Å². The van der Waals surface area contributed by atoms with Crippen LogP contribution < -0.4 is 10.2 Å². The van der Waals surface area contributed by atoms with E-state index in [0.29, 0.717) is 18.1 Å². The molecule has 6 nitrogen and oxygen atoms in total. The number of benzene rings is 1. The maximum absolute atomic E-state index is 13.7. The molecule has 180 valence electrons. The first-order valence-corrected chi connectivity index (χ1v) is 13.2. The summed E-state index contributed by atoms with van der Waals surface area (Å²) >= 11 is 3.20. The molecule has 0 aliphatic carbocycles. The predicted molar refractivity (Wildman–Crippen MR) is 136 cm³/mol. The van der Waals surface area contributed by atoms with Crippen molar-refractivity contribution in [1.82, 2.24) is 15.1 Å². The van der Waals surface area contributed by atoms with E-state index in [9.17, 15) is 14.0 Å². The number of nitrogens with one attached hydrogen (secondary N) is 1. The van der Waals surface area contributed by atoms with Crippen molar-refractivity contribution in [2.75, 3.05) is 23.7 Å². The number of hydrogen-bond acceptors (Lipinski definition) is 5. The Morgan fingerprint density at radius 3 is 2.59 bits per heavy atom. The van der Waals surface area contributed by atoms with Crippen molar-refractivity contribution in [1.29, 1.82) is 0 Å². The van der Waals surface area contributed by atoms with Crippen molar-refractivity contribution in [3.8, 4) is 5.69 Å². The SMILES string of the molecule is CCCNC(=O)CN1C(=O)CSC(c2cccs2)c2c(C(C)(C)C)nn(-c3ccc(F)cc3)c21. The van der Waals surface area contributed by atoms with Gasteiger partial charge in [-0.05, 0) is 42.1 Å². The van der Waals surface area contributed by atoms with Crippen LogP contribution >= 0.6 is 23.1 Å². The van der Waals surface area contributed by atoms with Crippen LogP contribution in [0.15, 0.2) is 41.8 Å². The van der Waals surface area contributed by atoms with E-state index >= 15 is 0 Å². The minimum atomic E-state index is -0.350. The van der Waals surface area contributed by atoms with Gasteiger partial charge in [0.1, 0.15) is 18.2 Å². The largest absolute Gasteiger partial charge is 0.355 e. The summed E-state index contributed by atoms with van der Waals surface area (Å²) < 4.78 is 15.4. The van der Waals surface area contributed by atoms with Crippen LogP contribution in [0, 0.1) is 5.82 Å². The molecule has 2 aromatic heterocycles. The second-order valence-corrected chi connectivity index (χ2v) is 11.3. The topological polar surface area (TPSA) is 67.2 Å². The Morgan fingerprint density at radius 1 is 1.24 bits per heavy atom. The molecule has 9 heteroatoms. The number of amides is 2. The quantitative estimate of drug-likeness (QED) is 0.513. The lowest BCUT2D eigenvalue weighted by Gasteiger charge is -2.24. The van der Waals surface area contributed by atoms with Crippen LogP contribution in [0.2, 0.25) is 0 Å². The molecule has 34 heavy (non-hydrogen) atoms. The Morgan fingerprint density at radius 2 is 1.97 bits per heavy atom. The van der Waals surface area contributed by atoms with E-state index in [1.807, 2.05) is 18.4 Å². The first-order valence-electron chi connectivity index (χ1n) is 11.3. The highest BCUT2D eigenvalue weighted by Crippen LogP contribution is 2.49. The van der Waals surface area contributed by atoms with Crippen molar-refractivity contribution >= 4 is 40.7 Å². The first-order chi connectivity index (χ1) is 16.2. The monoisotopic (exact) mass is 500 g/mol. The molecule has 1 atom stereocenters. The summed E-state index contributed by atoms with van der Waals surface area (Å²) in [7, 11) is 0. The molecule has 1 aromatic carbocycles. The van der Waals surface area contributed by atoms with Gasteiger partial charge < -0.3 is 5.32 Å². The molecule has 3 aromatic rings. The molecule has 1 unspecified atom stereocenters. The summed E-state index contributed by atoms with van der Waals surface area (Å²) in [6.45, 7) is 8.70. The lowest BCUT2D eigenvalue weighted by atomic mass is 9.88. The van der Waals surface area contributed by atoms with Crippen molar-refractivity contribution in [2.45, 2.75) is 44.8 Å². The van der Waals surface area contributed by atoms with E-state index in [1.165, 1.54) is 12.1 Å². The number of carbonyl (C=O) groups is 2. The normalized spacial score (nSPS) is 16.3. The molecule has 2 amide bonds. The van der Waals surface area contributed by atoms with Crippen molar-refractivity contribution in [2.24, 2.45) is 0 Å². The summed E-state index contributed by atoms with van der Waals surface area (Å²) in [5, 5.41) is 9.78. The van der Waals surface area contributed by atoms with Crippen LogP contribution in [-0.2, 0) is 15.0 Å². The van der Waals surface area contributed by atoms with Gasteiger partial charge in [0.2, 0.25) is 11.8 Å². The molecule has 1 aliphatic rings. The summed E-state index contributed by atoms with van der Waals surface area (Å²) in [5.74, 6) is 0.102. The van der Waals surface area contributed by atoms with Gasteiger partial charge >= 0.3 is 0 Å². The third-order valence-electron chi connectivity index (χ3n) is 5.55. The van der Waals surface area contributed by atoms with E-state index in [-0.39, 0.29) is 40.6 Å². The number of rotatable bonds is 6. The Balaban J connectivity index is 1.97. The van der Waals surface area contributed by atoms with Gasteiger partial charge in [-0.15, -0.1) is 23.1 Å². The maximum atomic E-state index is 13.7. The average molecular weight is 501 g/mol. The third kappa shape index (κ3) is 4.90. The second kappa shape index (κ2) is 9.92. The van der Waals surface area contributed by atoms with Crippen molar-refractivity contribution in [3.63, 3.8) is 0 Å². The lowest BCUT2D eigenvalue weighted by Crippen LogP contribution is -2.42. The molecule has 1 N–H and O–H groups in total. The van der Waals surface area contributed by atoms with Crippen LogP contribution in [-0.4, -0.2) is 40.4 Å². The Kier molecular flexibility index (Phi) is 7.14. The number of hydrogen-bond donors (Lipinski definition) is 1. The number of nitrogens with zero attached hydrogens (tertiary/aromatic N) is 3. The number of thioether (sulfide) groups is 1. The minimum Gasteiger partial charge on any atom is -0.355 e. The fourth-order valence-electron chi connectivity index (χ4n) is 3.96. The summed E-state index contributed by atoms with van der Waals surface area (Å²) in [5.41, 5.74) is 2.09.